The van der Waals surface area contributed by atoms with Crippen LogP contribution in [0, 0.1) is 5.92 Å². The van der Waals surface area contributed by atoms with Crippen molar-refractivity contribution < 1.29 is 4.74 Å². The molecule has 3 heteroatoms. The van der Waals surface area contributed by atoms with Gasteiger partial charge in [-0.05, 0) is 43.9 Å². The van der Waals surface area contributed by atoms with Crippen LogP contribution in [0.25, 0.3) is 0 Å². The van der Waals surface area contributed by atoms with Crippen LogP contribution in [-0.4, -0.2) is 13.2 Å². The average molecular weight is 338 g/mol. The quantitative estimate of drug-likeness (QED) is 0.849. The first-order chi connectivity index (χ1) is 9.83. The summed E-state index contributed by atoms with van der Waals surface area (Å²) in [5.74, 6) is 2.02. The number of benzene rings is 1. The number of nitrogens with one attached hydrogen (secondary N) is 1. The minimum atomic E-state index is 0.460. The van der Waals surface area contributed by atoms with Crippen molar-refractivity contribution in [1.29, 1.82) is 0 Å². The second kappa shape index (κ2) is 6.95. The first-order valence-corrected chi connectivity index (χ1v) is 8.78. The Hall–Kier alpha value is -0.540. The van der Waals surface area contributed by atoms with Gasteiger partial charge in [0.1, 0.15) is 5.75 Å². The summed E-state index contributed by atoms with van der Waals surface area (Å²) in [5, 5.41) is 3.77. The predicted molar refractivity (Wildman–Crippen MR) is 86.2 cm³/mol. The highest BCUT2D eigenvalue weighted by molar-refractivity contribution is 9.10. The summed E-state index contributed by atoms with van der Waals surface area (Å²) in [6, 6.07) is 6.89. The van der Waals surface area contributed by atoms with Gasteiger partial charge in [-0.15, -0.1) is 0 Å². The minimum Gasteiger partial charge on any atom is -0.493 e. The molecule has 3 rings (SSSR count). The van der Waals surface area contributed by atoms with Crippen molar-refractivity contribution in [3.63, 3.8) is 0 Å². The van der Waals surface area contributed by atoms with Gasteiger partial charge in [0, 0.05) is 16.1 Å². The second-order valence-electron chi connectivity index (χ2n) is 6.12. The number of ether oxygens (including phenoxy) is 1. The summed E-state index contributed by atoms with van der Waals surface area (Å²) in [7, 11) is 0. The van der Waals surface area contributed by atoms with Crippen LogP contribution in [0.15, 0.2) is 22.7 Å². The lowest BCUT2D eigenvalue weighted by molar-refractivity contribution is 0.314. The molecule has 1 aromatic rings. The Kier molecular flexibility index (Phi) is 5.00. The van der Waals surface area contributed by atoms with E-state index in [4.69, 9.17) is 4.74 Å². The summed E-state index contributed by atoms with van der Waals surface area (Å²) in [6.07, 6.45) is 9.42. The van der Waals surface area contributed by atoms with Crippen molar-refractivity contribution >= 4 is 15.9 Å². The molecular formula is C17H24BrNO. The third kappa shape index (κ3) is 3.56. The van der Waals surface area contributed by atoms with Crippen LogP contribution in [0.3, 0.4) is 0 Å². The van der Waals surface area contributed by atoms with Crippen molar-refractivity contribution in [3.8, 4) is 5.75 Å². The van der Waals surface area contributed by atoms with Crippen LogP contribution < -0.4 is 10.1 Å². The first-order valence-electron chi connectivity index (χ1n) is 7.98. The molecule has 1 aliphatic heterocycles. The van der Waals surface area contributed by atoms with Crippen LogP contribution in [0.4, 0.5) is 0 Å². The normalized spacial score (nSPS) is 23.1. The van der Waals surface area contributed by atoms with E-state index in [0.29, 0.717) is 6.04 Å². The molecule has 1 atom stereocenters. The Morgan fingerprint density at radius 1 is 1.15 bits per heavy atom. The maximum atomic E-state index is 5.87. The van der Waals surface area contributed by atoms with Gasteiger partial charge in [0.25, 0.3) is 0 Å². The van der Waals surface area contributed by atoms with Gasteiger partial charge in [0.15, 0.2) is 0 Å². The van der Waals surface area contributed by atoms with Crippen molar-refractivity contribution in [2.45, 2.75) is 51.0 Å². The molecule has 0 saturated heterocycles. The summed E-state index contributed by atoms with van der Waals surface area (Å²) in [4.78, 5) is 0. The van der Waals surface area contributed by atoms with Crippen molar-refractivity contribution in [1.82, 2.24) is 5.32 Å². The van der Waals surface area contributed by atoms with E-state index in [1.165, 1.54) is 44.1 Å². The number of halogens is 1. The molecule has 0 aromatic heterocycles. The third-order valence-electron chi connectivity index (χ3n) is 4.66. The summed E-state index contributed by atoms with van der Waals surface area (Å²) >= 11 is 3.53. The fourth-order valence-electron chi connectivity index (χ4n) is 3.52. The van der Waals surface area contributed by atoms with Crippen LogP contribution in [0.5, 0.6) is 5.75 Å². The predicted octanol–water partition coefficient (Wildman–Crippen LogP) is 4.83. The van der Waals surface area contributed by atoms with Gasteiger partial charge in [-0.2, -0.15) is 0 Å². The molecule has 2 aliphatic rings. The van der Waals surface area contributed by atoms with Gasteiger partial charge in [-0.3, -0.25) is 0 Å². The number of hydrogen-bond donors (Lipinski definition) is 1. The van der Waals surface area contributed by atoms with Gasteiger partial charge < -0.3 is 10.1 Å². The molecule has 20 heavy (non-hydrogen) atoms. The SMILES string of the molecule is Brc1ccc2c(c1)OCCCC2NCCC1CCCC1. The lowest BCUT2D eigenvalue weighted by atomic mass is 10.0. The Labute approximate surface area is 130 Å². The largest absolute Gasteiger partial charge is 0.493 e. The van der Waals surface area contributed by atoms with Gasteiger partial charge >= 0.3 is 0 Å². The molecule has 1 N–H and O–H groups in total. The van der Waals surface area contributed by atoms with Gasteiger partial charge in [0.05, 0.1) is 6.61 Å². The lowest BCUT2D eigenvalue weighted by Gasteiger charge is -2.19. The van der Waals surface area contributed by atoms with Crippen molar-refractivity contribution in [2.24, 2.45) is 5.92 Å². The molecule has 1 aliphatic carbocycles. The van der Waals surface area contributed by atoms with E-state index in [1.54, 1.807) is 0 Å². The van der Waals surface area contributed by atoms with Crippen molar-refractivity contribution in [3.05, 3.63) is 28.2 Å². The number of fused-ring (bicyclic) bond motifs is 1. The molecule has 2 nitrogen and oxygen atoms in total. The van der Waals surface area contributed by atoms with E-state index in [1.807, 2.05) is 0 Å². The highest BCUT2D eigenvalue weighted by Crippen LogP contribution is 2.34. The Morgan fingerprint density at radius 3 is 2.85 bits per heavy atom. The molecular weight excluding hydrogens is 314 g/mol. The zero-order valence-electron chi connectivity index (χ0n) is 12.0. The van der Waals surface area contributed by atoms with Crippen LogP contribution in [0.2, 0.25) is 0 Å². The maximum Gasteiger partial charge on any atom is 0.125 e. The van der Waals surface area contributed by atoms with Crippen molar-refractivity contribution in [2.75, 3.05) is 13.2 Å². The summed E-state index contributed by atoms with van der Waals surface area (Å²) in [6.45, 7) is 1.98. The maximum absolute atomic E-state index is 5.87. The smallest absolute Gasteiger partial charge is 0.125 e. The van der Waals surface area contributed by atoms with Gasteiger partial charge in [-0.1, -0.05) is 47.7 Å². The molecule has 1 fully saturated rings. The second-order valence-corrected chi connectivity index (χ2v) is 7.03. The first kappa shape index (κ1) is 14.4. The number of rotatable bonds is 4. The zero-order valence-corrected chi connectivity index (χ0v) is 13.6. The molecule has 1 saturated carbocycles. The van der Waals surface area contributed by atoms with E-state index in [0.717, 1.165) is 35.7 Å². The summed E-state index contributed by atoms with van der Waals surface area (Å²) in [5.41, 5.74) is 1.33. The van der Waals surface area contributed by atoms with E-state index in [9.17, 15) is 0 Å². The minimum absolute atomic E-state index is 0.460. The monoisotopic (exact) mass is 337 g/mol. The standard InChI is InChI=1S/C17H24BrNO/c18-14-7-8-15-16(6-3-11-20-17(15)12-14)19-10-9-13-4-1-2-5-13/h7-8,12-13,16,19H,1-6,9-11H2. The third-order valence-corrected chi connectivity index (χ3v) is 5.16. The van der Waals surface area contributed by atoms with E-state index < -0.39 is 0 Å². The Bertz CT molecular complexity index is 443. The molecule has 1 unspecified atom stereocenters. The Morgan fingerprint density at radius 2 is 2.00 bits per heavy atom. The van der Waals surface area contributed by atoms with Crippen LogP contribution in [-0.2, 0) is 0 Å². The highest BCUT2D eigenvalue weighted by atomic mass is 79.9. The molecule has 0 bridgehead atoms. The average Bonchev–Trinajstić information content (AvgIpc) is 2.87. The molecule has 0 radical (unpaired) electrons. The molecule has 0 spiro atoms. The molecule has 110 valence electrons. The highest BCUT2D eigenvalue weighted by Gasteiger charge is 2.20. The number of hydrogen-bond acceptors (Lipinski definition) is 2. The van der Waals surface area contributed by atoms with Gasteiger partial charge in [-0.25, -0.2) is 0 Å². The summed E-state index contributed by atoms with van der Waals surface area (Å²) < 4.78 is 6.97. The molecule has 1 aromatic carbocycles. The zero-order chi connectivity index (χ0) is 13.8. The van der Waals surface area contributed by atoms with E-state index in [-0.39, 0.29) is 0 Å². The molecule has 0 amide bonds. The fourth-order valence-corrected chi connectivity index (χ4v) is 3.86. The van der Waals surface area contributed by atoms with E-state index >= 15 is 0 Å². The molecule has 1 heterocycles. The van der Waals surface area contributed by atoms with Crippen LogP contribution in [0.1, 0.15) is 56.6 Å². The van der Waals surface area contributed by atoms with Gasteiger partial charge in [0.2, 0.25) is 0 Å². The lowest BCUT2D eigenvalue weighted by Crippen LogP contribution is -2.23. The van der Waals surface area contributed by atoms with Crippen LogP contribution >= 0.6 is 15.9 Å². The fraction of sp³-hybridized carbons (Fsp3) is 0.647. The topological polar surface area (TPSA) is 21.3 Å². The Balaban J connectivity index is 1.60. The van der Waals surface area contributed by atoms with E-state index in [2.05, 4.69) is 39.4 Å².